The molecule has 0 radical (unpaired) electrons. The lowest BCUT2D eigenvalue weighted by Gasteiger charge is -2.23. The highest BCUT2D eigenvalue weighted by atomic mass is 35.5. The van der Waals surface area contributed by atoms with Crippen molar-refractivity contribution in [3.8, 4) is 0 Å². The Kier molecular flexibility index (Phi) is 4.26. The second kappa shape index (κ2) is 6.50. The first kappa shape index (κ1) is 13.8. The van der Waals surface area contributed by atoms with Gasteiger partial charge in [0.25, 0.3) is 0 Å². The van der Waals surface area contributed by atoms with E-state index < -0.39 is 0 Å². The first-order valence-electron chi connectivity index (χ1n) is 6.79. The van der Waals surface area contributed by atoms with Gasteiger partial charge in [0.1, 0.15) is 11.3 Å². The average molecular weight is 299 g/mol. The summed E-state index contributed by atoms with van der Waals surface area (Å²) in [5.74, 6) is 1.42. The number of rotatable bonds is 5. The Morgan fingerprint density at radius 1 is 0.952 bits per heavy atom. The fourth-order valence-electron chi connectivity index (χ4n) is 2.20. The molecule has 0 bridgehead atoms. The van der Waals surface area contributed by atoms with Gasteiger partial charge in [0, 0.05) is 31.4 Å². The predicted octanol–water partition coefficient (Wildman–Crippen LogP) is 3.27. The van der Waals surface area contributed by atoms with E-state index in [0.717, 1.165) is 24.4 Å². The molecule has 0 unspecified atom stereocenters. The Hall–Kier alpha value is -2.20. The van der Waals surface area contributed by atoms with Crippen LogP contribution in [0.25, 0.3) is 11.2 Å². The third kappa shape index (κ3) is 3.28. The van der Waals surface area contributed by atoms with E-state index in [1.807, 2.05) is 30.3 Å². The Morgan fingerprint density at radius 2 is 1.76 bits per heavy atom. The molecule has 4 nitrogen and oxygen atoms in total. The Bertz CT molecular complexity index is 718. The van der Waals surface area contributed by atoms with E-state index in [1.165, 1.54) is 5.56 Å². The van der Waals surface area contributed by atoms with E-state index in [9.17, 15) is 0 Å². The van der Waals surface area contributed by atoms with Gasteiger partial charge in [-0.15, -0.1) is 11.6 Å². The van der Waals surface area contributed by atoms with Crippen molar-refractivity contribution in [2.24, 2.45) is 0 Å². The molecule has 0 aliphatic rings. The SMILES string of the molecule is ClCCN(Cc1ccccc1)c1ccc2nccnc2n1. The van der Waals surface area contributed by atoms with E-state index in [4.69, 9.17) is 11.6 Å². The Labute approximate surface area is 128 Å². The van der Waals surface area contributed by atoms with Gasteiger partial charge < -0.3 is 4.90 Å². The van der Waals surface area contributed by atoms with Crippen LogP contribution < -0.4 is 4.90 Å². The maximum absolute atomic E-state index is 5.93. The zero-order valence-corrected chi connectivity index (χ0v) is 12.2. The van der Waals surface area contributed by atoms with Crippen LogP contribution in [0.4, 0.5) is 5.82 Å². The van der Waals surface area contributed by atoms with Crippen molar-refractivity contribution in [2.75, 3.05) is 17.3 Å². The van der Waals surface area contributed by atoms with E-state index in [0.29, 0.717) is 11.5 Å². The molecular formula is C16H15ClN4. The van der Waals surface area contributed by atoms with Crippen LogP contribution in [0.1, 0.15) is 5.56 Å². The lowest BCUT2D eigenvalue weighted by Crippen LogP contribution is -2.25. The van der Waals surface area contributed by atoms with Crippen molar-refractivity contribution >= 4 is 28.6 Å². The number of hydrogen-bond acceptors (Lipinski definition) is 4. The van der Waals surface area contributed by atoms with Gasteiger partial charge in [-0.05, 0) is 17.7 Å². The first-order chi connectivity index (χ1) is 10.4. The van der Waals surface area contributed by atoms with E-state index in [2.05, 4.69) is 32.0 Å². The number of fused-ring (bicyclic) bond motifs is 1. The lowest BCUT2D eigenvalue weighted by molar-refractivity contribution is 0.819. The summed E-state index contributed by atoms with van der Waals surface area (Å²) >= 11 is 5.93. The zero-order chi connectivity index (χ0) is 14.5. The normalized spacial score (nSPS) is 10.7. The van der Waals surface area contributed by atoms with E-state index >= 15 is 0 Å². The summed E-state index contributed by atoms with van der Waals surface area (Å²) in [5.41, 5.74) is 2.68. The molecule has 106 valence electrons. The van der Waals surface area contributed by atoms with Crippen LogP contribution in [0.15, 0.2) is 54.9 Å². The molecule has 2 aromatic heterocycles. The van der Waals surface area contributed by atoms with Gasteiger partial charge in [0.15, 0.2) is 5.65 Å². The van der Waals surface area contributed by atoms with Crippen LogP contribution in [0.5, 0.6) is 0 Å². The molecule has 0 aliphatic heterocycles. The van der Waals surface area contributed by atoms with Crippen LogP contribution in [-0.4, -0.2) is 27.4 Å². The highest BCUT2D eigenvalue weighted by Crippen LogP contribution is 2.17. The monoisotopic (exact) mass is 298 g/mol. The van der Waals surface area contributed by atoms with Crippen molar-refractivity contribution in [1.82, 2.24) is 15.0 Å². The molecule has 5 heteroatoms. The Balaban J connectivity index is 1.91. The molecule has 0 saturated heterocycles. The molecule has 0 spiro atoms. The molecule has 0 saturated carbocycles. The number of pyridine rings is 1. The fraction of sp³-hybridized carbons (Fsp3) is 0.188. The third-order valence-electron chi connectivity index (χ3n) is 3.21. The minimum absolute atomic E-state index is 0.549. The summed E-state index contributed by atoms with van der Waals surface area (Å²) in [7, 11) is 0. The molecule has 2 heterocycles. The van der Waals surface area contributed by atoms with Gasteiger partial charge in [-0.1, -0.05) is 30.3 Å². The van der Waals surface area contributed by atoms with Crippen molar-refractivity contribution in [3.63, 3.8) is 0 Å². The lowest BCUT2D eigenvalue weighted by atomic mass is 10.2. The number of nitrogens with zero attached hydrogens (tertiary/aromatic N) is 4. The van der Waals surface area contributed by atoms with Gasteiger partial charge in [-0.2, -0.15) is 0 Å². The molecular weight excluding hydrogens is 284 g/mol. The highest BCUT2D eigenvalue weighted by Gasteiger charge is 2.09. The van der Waals surface area contributed by atoms with Gasteiger partial charge in [0.2, 0.25) is 0 Å². The van der Waals surface area contributed by atoms with Crippen LogP contribution >= 0.6 is 11.6 Å². The van der Waals surface area contributed by atoms with Gasteiger partial charge >= 0.3 is 0 Å². The van der Waals surface area contributed by atoms with Crippen LogP contribution in [0, 0.1) is 0 Å². The van der Waals surface area contributed by atoms with E-state index in [1.54, 1.807) is 12.4 Å². The smallest absolute Gasteiger partial charge is 0.180 e. The molecule has 3 aromatic rings. The molecule has 21 heavy (non-hydrogen) atoms. The maximum atomic E-state index is 5.93. The zero-order valence-electron chi connectivity index (χ0n) is 11.5. The Morgan fingerprint density at radius 3 is 2.57 bits per heavy atom. The number of benzene rings is 1. The quantitative estimate of drug-likeness (QED) is 0.678. The van der Waals surface area contributed by atoms with Crippen molar-refractivity contribution in [3.05, 3.63) is 60.4 Å². The van der Waals surface area contributed by atoms with Crippen LogP contribution in [0.2, 0.25) is 0 Å². The number of alkyl halides is 1. The van der Waals surface area contributed by atoms with E-state index in [-0.39, 0.29) is 0 Å². The van der Waals surface area contributed by atoms with Crippen molar-refractivity contribution < 1.29 is 0 Å². The topological polar surface area (TPSA) is 41.9 Å². The standard InChI is InChI=1S/C16H15ClN4/c17-8-11-21(12-13-4-2-1-3-5-13)15-7-6-14-16(20-15)19-10-9-18-14/h1-7,9-10H,8,11-12H2. The van der Waals surface area contributed by atoms with Crippen molar-refractivity contribution in [2.45, 2.75) is 6.54 Å². The summed E-state index contributed by atoms with van der Waals surface area (Å²) in [6.07, 6.45) is 3.33. The summed E-state index contributed by atoms with van der Waals surface area (Å²) in [5, 5.41) is 0. The average Bonchev–Trinajstić information content (AvgIpc) is 2.55. The third-order valence-corrected chi connectivity index (χ3v) is 3.38. The van der Waals surface area contributed by atoms with Gasteiger partial charge in [0.05, 0.1) is 0 Å². The summed E-state index contributed by atoms with van der Waals surface area (Å²) < 4.78 is 0. The molecule has 0 atom stereocenters. The predicted molar refractivity (Wildman–Crippen MR) is 85.5 cm³/mol. The van der Waals surface area contributed by atoms with Crippen LogP contribution in [0.3, 0.4) is 0 Å². The number of hydrogen-bond donors (Lipinski definition) is 0. The molecule has 0 fully saturated rings. The van der Waals surface area contributed by atoms with Gasteiger partial charge in [-0.3, -0.25) is 4.98 Å². The second-order valence-electron chi connectivity index (χ2n) is 4.66. The molecule has 0 N–H and O–H groups in total. The minimum atomic E-state index is 0.549. The summed E-state index contributed by atoms with van der Waals surface area (Å²) in [6.45, 7) is 1.50. The number of anilines is 1. The highest BCUT2D eigenvalue weighted by molar-refractivity contribution is 6.18. The largest absolute Gasteiger partial charge is 0.351 e. The molecule has 0 aliphatic carbocycles. The summed E-state index contributed by atoms with van der Waals surface area (Å²) in [6, 6.07) is 14.2. The first-order valence-corrected chi connectivity index (χ1v) is 7.33. The van der Waals surface area contributed by atoms with Crippen LogP contribution in [-0.2, 0) is 6.54 Å². The fourth-order valence-corrected chi connectivity index (χ4v) is 2.40. The molecule has 0 amide bonds. The maximum Gasteiger partial charge on any atom is 0.180 e. The minimum Gasteiger partial charge on any atom is -0.351 e. The van der Waals surface area contributed by atoms with Crippen molar-refractivity contribution in [1.29, 1.82) is 0 Å². The molecule has 3 rings (SSSR count). The molecule has 1 aromatic carbocycles. The van der Waals surface area contributed by atoms with Gasteiger partial charge in [-0.25, -0.2) is 9.97 Å². The summed E-state index contributed by atoms with van der Waals surface area (Å²) in [4.78, 5) is 15.2. The number of halogens is 1. The number of aromatic nitrogens is 3. The second-order valence-corrected chi connectivity index (χ2v) is 5.04.